The van der Waals surface area contributed by atoms with Crippen molar-refractivity contribution in [1.82, 2.24) is 20.0 Å². The fourth-order valence-corrected chi connectivity index (χ4v) is 2.79. The van der Waals surface area contributed by atoms with Gasteiger partial charge in [-0.15, -0.1) is 0 Å². The van der Waals surface area contributed by atoms with E-state index in [1.54, 1.807) is 4.90 Å². The molecule has 6 nitrogen and oxygen atoms in total. The lowest BCUT2D eigenvalue weighted by Gasteiger charge is -2.34. The number of halogens is 3. The maximum Gasteiger partial charge on any atom is 0.416 e. The lowest BCUT2D eigenvalue weighted by Crippen LogP contribution is -2.48. The number of nitrogens with one attached hydrogen (secondary N) is 1. The molecule has 1 aliphatic rings. The number of benzene rings is 1. The molecule has 0 aliphatic carbocycles. The summed E-state index contributed by atoms with van der Waals surface area (Å²) in [6.45, 7) is 2.71. The van der Waals surface area contributed by atoms with Crippen LogP contribution in [0.2, 0.25) is 0 Å². The number of carbonyl (C=O) groups excluding carboxylic acids is 1. The number of rotatable bonds is 3. The third-order valence-corrected chi connectivity index (χ3v) is 4.25. The fourth-order valence-electron chi connectivity index (χ4n) is 2.79. The Morgan fingerprint density at radius 2 is 1.69 bits per heavy atom. The van der Waals surface area contributed by atoms with Crippen LogP contribution in [0.15, 0.2) is 41.2 Å². The summed E-state index contributed by atoms with van der Waals surface area (Å²) in [4.78, 5) is 27.0. The molecule has 1 saturated heterocycles. The molecule has 2 heterocycles. The van der Waals surface area contributed by atoms with Crippen LogP contribution in [0.25, 0.3) is 0 Å². The average Bonchev–Trinajstić information content (AvgIpc) is 2.62. The number of carbonyl (C=O) groups is 1. The largest absolute Gasteiger partial charge is 0.416 e. The molecular weight excluding hydrogens is 349 g/mol. The molecule has 3 rings (SSSR count). The SMILES string of the molecule is O=C(c1ccc(=O)[nH]n1)N1CCN(Cc2ccc(C(F)(F)F)cc2)CC1. The van der Waals surface area contributed by atoms with Crippen molar-refractivity contribution in [1.29, 1.82) is 0 Å². The molecule has 0 bridgehead atoms. The summed E-state index contributed by atoms with van der Waals surface area (Å²) in [5.74, 6) is -0.254. The summed E-state index contributed by atoms with van der Waals surface area (Å²) < 4.78 is 37.8. The molecule has 2 aromatic rings. The van der Waals surface area contributed by atoms with Crippen LogP contribution in [0.4, 0.5) is 13.2 Å². The minimum absolute atomic E-state index is 0.181. The molecule has 0 unspecified atom stereocenters. The van der Waals surface area contributed by atoms with Gasteiger partial charge < -0.3 is 4.90 Å². The van der Waals surface area contributed by atoms with Crippen LogP contribution < -0.4 is 5.56 Å². The lowest BCUT2D eigenvalue weighted by molar-refractivity contribution is -0.137. The summed E-state index contributed by atoms with van der Waals surface area (Å²) in [7, 11) is 0. The highest BCUT2D eigenvalue weighted by atomic mass is 19.4. The molecular formula is C17H17F3N4O2. The number of aromatic nitrogens is 2. The Kier molecular flexibility index (Phi) is 5.08. The van der Waals surface area contributed by atoms with Gasteiger partial charge in [0.15, 0.2) is 0 Å². The van der Waals surface area contributed by atoms with E-state index < -0.39 is 11.7 Å². The Balaban J connectivity index is 1.54. The van der Waals surface area contributed by atoms with Gasteiger partial charge in [0.2, 0.25) is 0 Å². The summed E-state index contributed by atoms with van der Waals surface area (Å²) >= 11 is 0. The van der Waals surface area contributed by atoms with Gasteiger partial charge in [-0.05, 0) is 23.8 Å². The highest BCUT2D eigenvalue weighted by Gasteiger charge is 2.30. The van der Waals surface area contributed by atoms with Crippen molar-refractivity contribution in [2.24, 2.45) is 0 Å². The van der Waals surface area contributed by atoms with Crippen molar-refractivity contribution in [3.05, 3.63) is 63.6 Å². The first-order valence-electron chi connectivity index (χ1n) is 8.06. The Hall–Kier alpha value is -2.68. The number of hydrogen-bond acceptors (Lipinski definition) is 4. The number of aromatic amines is 1. The van der Waals surface area contributed by atoms with Gasteiger partial charge in [-0.1, -0.05) is 12.1 Å². The Labute approximate surface area is 147 Å². The van der Waals surface area contributed by atoms with Crippen LogP contribution in [-0.2, 0) is 12.7 Å². The molecule has 1 aliphatic heterocycles. The molecule has 0 atom stereocenters. The van der Waals surface area contributed by atoms with E-state index in [9.17, 15) is 22.8 Å². The van der Waals surface area contributed by atoms with Gasteiger partial charge >= 0.3 is 6.18 Å². The van der Waals surface area contributed by atoms with Crippen molar-refractivity contribution in [3.63, 3.8) is 0 Å². The van der Waals surface area contributed by atoms with Crippen molar-refractivity contribution < 1.29 is 18.0 Å². The summed E-state index contributed by atoms with van der Waals surface area (Å²) in [5, 5.41) is 5.97. The molecule has 1 N–H and O–H groups in total. The normalized spacial score (nSPS) is 15.9. The number of nitrogens with zero attached hydrogens (tertiary/aromatic N) is 3. The zero-order chi connectivity index (χ0) is 18.7. The number of H-pyrrole nitrogens is 1. The first kappa shape index (κ1) is 18.1. The van der Waals surface area contributed by atoms with Crippen LogP contribution in [0, 0.1) is 0 Å². The molecule has 0 saturated carbocycles. The third kappa shape index (κ3) is 4.29. The van der Waals surface area contributed by atoms with Gasteiger partial charge in [-0.3, -0.25) is 14.5 Å². The highest BCUT2D eigenvalue weighted by Crippen LogP contribution is 2.29. The molecule has 1 aromatic carbocycles. The van der Waals surface area contributed by atoms with Crippen molar-refractivity contribution in [2.75, 3.05) is 26.2 Å². The predicted octanol–water partition coefficient (Wildman–Crippen LogP) is 1.75. The van der Waals surface area contributed by atoms with Crippen LogP contribution in [0.1, 0.15) is 21.6 Å². The van der Waals surface area contributed by atoms with E-state index in [4.69, 9.17) is 0 Å². The molecule has 138 valence electrons. The topological polar surface area (TPSA) is 69.3 Å². The van der Waals surface area contributed by atoms with E-state index in [1.165, 1.54) is 24.3 Å². The van der Waals surface area contributed by atoms with Crippen LogP contribution in [-0.4, -0.2) is 52.1 Å². The number of alkyl halides is 3. The lowest BCUT2D eigenvalue weighted by atomic mass is 10.1. The van der Waals surface area contributed by atoms with Crippen molar-refractivity contribution >= 4 is 5.91 Å². The Morgan fingerprint density at radius 3 is 2.23 bits per heavy atom. The van der Waals surface area contributed by atoms with Gasteiger partial charge in [0.25, 0.3) is 11.5 Å². The second-order valence-electron chi connectivity index (χ2n) is 6.07. The molecule has 1 fully saturated rings. The minimum Gasteiger partial charge on any atom is -0.335 e. The highest BCUT2D eigenvalue weighted by molar-refractivity contribution is 5.92. The van der Waals surface area contributed by atoms with E-state index in [1.807, 2.05) is 0 Å². The van der Waals surface area contributed by atoms with Gasteiger partial charge in [0.1, 0.15) is 5.69 Å². The first-order chi connectivity index (χ1) is 12.3. The molecule has 26 heavy (non-hydrogen) atoms. The van der Waals surface area contributed by atoms with E-state index >= 15 is 0 Å². The standard InChI is InChI=1S/C17H17F3N4O2/c18-17(19,20)13-3-1-12(2-4-13)11-23-7-9-24(10-8-23)16(26)14-5-6-15(25)22-21-14/h1-6H,7-11H2,(H,22,25). The molecule has 0 radical (unpaired) electrons. The number of amides is 1. The third-order valence-electron chi connectivity index (χ3n) is 4.25. The average molecular weight is 366 g/mol. The number of piperazine rings is 1. The Bertz CT molecular complexity index is 805. The van der Waals surface area contributed by atoms with Gasteiger partial charge in [0.05, 0.1) is 5.56 Å². The van der Waals surface area contributed by atoms with E-state index in [-0.39, 0.29) is 17.2 Å². The minimum atomic E-state index is -4.33. The first-order valence-corrected chi connectivity index (χ1v) is 8.06. The zero-order valence-electron chi connectivity index (χ0n) is 13.8. The predicted molar refractivity (Wildman–Crippen MR) is 87.5 cm³/mol. The van der Waals surface area contributed by atoms with Gasteiger partial charge in [-0.25, -0.2) is 5.10 Å². The summed E-state index contributed by atoms with van der Waals surface area (Å²) in [6.07, 6.45) is -4.33. The summed E-state index contributed by atoms with van der Waals surface area (Å²) in [6, 6.07) is 7.75. The maximum absolute atomic E-state index is 12.6. The number of hydrogen-bond donors (Lipinski definition) is 1. The van der Waals surface area contributed by atoms with Crippen molar-refractivity contribution in [3.8, 4) is 0 Å². The second kappa shape index (κ2) is 7.28. The van der Waals surface area contributed by atoms with Crippen molar-refractivity contribution in [2.45, 2.75) is 12.7 Å². The fraction of sp³-hybridized carbons (Fsp3) is 0.353. The second-order valence-corrected chi connectivity index (χ2v) is 6.07. The summed E-state index contributed by atoms with van der Waals surface area (Å²) in [5.41, 5.74) is -0.0613. The van der Waals surface area contributed by atoms with E-state index in [0.717, 1.165) is 17.7 Å². The van der Waals surface area contributed by atoms with E-state index in [2.05, 4.69) is 15.1 Å². The molecule has 9 heteroatoms. The van der Waals surface area contributed by atoms with Gasteiger partial charge in [0, 0.05) is 38.8 Å². The maximum atomic E-state index is 12.6. The molecule has 0 spiro atoms. The van der Waals surface area contributed by atoms with Crippen LogP contribution in [0.3, 0.4) is 0 Å². The quantitative estimate of drug-likeness (QED) is 0.899. The molecule has 1 amide bonds. The smallest absolute Gasteiger partial charge is 0.335 e. The monoisotopic (exact) mass is 366 g/mol. The van der Waals surface area contributed by atoms with Gasteiger partial charge in [-0.2, -0.15) is 18.3 Å². The van der Waals surface area contributed by atoms with Crippen LogP contribution >= 0.6 is 0 Å². The van der Waals surface area contributed by atoms with E-state index in [0.29, 0.717) is 32.7 Å². The molecule has 1 aromatic heterocycles. The zero-order valence-corrected chi connectivity index (χ0v) is 13.8. The van der Waals surface area contributed by atoms with Crippen LogP contribution in [0.5, 0.6) is 0 Å². The Morgan fingerprint density at radius 1 is 1.04 bits per heavy atom.